The maximum Gasteiger partial charge on any atom is 0.226 e. The van der Waals surface area contributed by atoms with E-state index in [0.29, 0.717) is 32.7 Å². The van der Waals surface area contributed by atoms with Crippen LogP contribution < -0.4 is 4.74 Å². The van der Waals surface area contributed by atoms with Gasteiger partial charge in [0.2, 0.25) is 5.91 Å². The van der Waals surface area contributed by atoms with Crippen molar-refractivity contribution >= 4 is 5.91 Å². The predicted molar refractivity (Wildman–Crippen MR) is 93.2 cm³/mol. The van der Waals surface area contributed by atoms with E-state index in [4.69, 9.17) is 9.47 Å². The fourth-order valence-electron chi connectivity index (χ4n) is 2.83. The van der Waals surface area contributed by atoms with Crippen molar-refractivity contribution in [3.63, 3.8) is 0 Å². The van der Waals surface area contributed by atoms with Gasteiger partial charge in [-0.05, 0) is 31.0 Å². The van der Waals surface area contributed by atoms with E-state index in [-0.39, 0.29) is 12.0 Å². The molecule has 132 valence electrons. The third-order valence-corrected chi connectivity index (χ3v) is 4.19. The minimum atomic E-state index is 0.0581. The number of carbonyl (C=O) groups excluding carboxylic acids is 1. The Kier molecular flexibility index (Phi) is 6.34. The van der Waals surface area contributed by atoms with Crippen LogP contribution in [0.5, 0.6) is 5.75 Å². The zero-order chi connectivity index (χ0) is 17.3. The van der Waals surface area contributed by atoms with Crippen molar-refractivity contribution in [2.24, 2.45) is 0 Å². The molecular formula is C19H23N3O3. The Hall–Kier alpha value is -2.47. The SMILES string of the molecule is O=C(CCOc1ccccc1)N1CCO[C@H](CCc2ccncn2)C1. The van der Waals surface area contributed by atoms with Gasteiger partial charge in [0.25, 0.3) is 0 Å². The summed E-state index contributed by atoms with van der Waals surface area (Å²) in [6.07, 6.45) is 5.41. The van der Waals surface area contributed by atoms with Crippen molar-refractivity contribution in [3.05, 3.63) is 54.6 Å². The molecule has 6 nitrogen and oxygen atoms in total. The van der Waals surface area contributed by atoms with Crippen molar-refractivity contribution in [2.45, 2.75) is 25.4 Å². The van der Waals surface area contributed by atoms with Gasteiger partial charge in [0.1, 0.15) is 12.1 Å². The van der Waals surface area contributed by atoms with Crippen LogP contribution in [0.15, 0.2) is 48.9 Å². The van der Waals surface area contributed by atoms with E-state index in [1.807, 2.05) is 41.3 Å². The highest BCUT2D eigenvalue weighted by molar-refractivity contribution is 5.76. The highest BCUT2D eigenvalue weighted by Crippen LogP contribution is 2.13. The molecule has 1 fully saturated rings. The van der Waals surface area contributed by atoms with Crippen molar-refractivity contribution in [2.75, 3.05) is 26.3 Å². The molecular weight excluding hydrogens is 318 g/mol. The molecule has 0 N–H and O–H groups in total. The lowest BCUT2D eigenvalue weighted by molar-refractivity contribution is -0.139. The number of aromatic nitrogens is 2. The van der Waals surface area contributed by atoms with Crippen LogP contribution in [0.3, 0.4) is 0 Å². The molecule has 6 heteroatoms. The van der Waals surface area contributed by atoms with E-state index in [1.54, 1.807) is 12.5 Å². The number of rotatable bonds is 7. The van der Waals surface area contributed by atoms with E-state index < -0.39 is 0 Å². The number of benzene rings is 1. The molecule has 1 aliphatic rings. The van der Waals surface area contributed by atoms with E-state index >= 15 is 0 Å². The first kappa shape index (κ1) is 17.4. The number of hydrogen-bond donors (Lipinski definition) is 0. The Balaban J connectivity index is 1.40. The number of nitrogens with zero attached hydrogens (tertiary/aromatic N) is 3. The van der Waals surface area contributed by atoms with Crippen molar-refractivity contribution in [1.82, 2.24) is 14.9 Å². The lowest BCUT2D eigenvalue weighted by Crippen LogP contribution is -2.46. The number of ether oxygens (including phenoxy) is 2. The average Bonchev–Trinajstić information content (AvgIpc) is 2.68. The molecule has 0 spiro atoms. The molecule has 1 aromatic carbocycles. The quantitative estimate of drug-likeness (QED) is 0.772. The van der Waals surface area contributed by atoms with Crippen LogP contribution in [-0.4, -0.2) is 53.2 Å². The van der Waals surface area contributed by atoms with Gasteiger partial charge >= 0.3 is 0 Å². The summed E-state index contributed by atoms with van der Waals surface area (Å²) in [7, 11) is 0. The first-order valence-electron chi connectivity index (χ1n) is 8.63. The van der Waals surface area contributed by atoms with Gasteiger partial charge in [0.05, 0.1) is 25.7 Å². The normalized spacial score (nSPS) is 17.3. The predicted octanol–water partition coefficient (Wildman–Crippen LogP) is 2.11. The van der Waals surface area contributed by atoms with Gasteiger partial charge in [-0.1, -0.05) is 18.2 Å². The first-order valence-corrected chi connectivity index (χ1v) is 8.63. The molecule has 0 saturated carbocycles. The molecule has 2 heterocycles. The van der Waals surface area contributed by atoms with Crippen molar-refractivity contribution in [1.29, 1.82) is 0 Å². The highest BCUT2D eigenvalue weighted by Gasteiger charge is 2.24. The van der Waals surface area contributed by atoms with Crippen LogP contribution in [-0.2, 0) is 16.0 Å². The molecule has 1 aliphatic heterocycles. The van der Waals surface area contributed by atoms with Crippen LogP contribution in [0, 0.1) is 0 Å². The second kappa shape index (κ2) is 9.13. The summed E-state index contributed by atoms with van der Waals surface area (Å²) in [6.45, 7) is 2.26. The zero-order valence-corrected chi connectivity index (χ0v) is 14.2. The zero-order valence-electron chi connectivity index (χ0n) is 14.2. The molecule has 2 aromatic rings. The number of hydrogen-bond acceptors (Lipinski definition) is 5. The molecule has 25 heavy (non-hydrogen) atoms. The van der Waals surface area contributed by atoms with Gasteiger partial charge in [-0.25, -0.2) is 9.97 Å². The van der Waals surface area contributed by atoms with E-state index in [2.05, 4.69) is 9.97 Å². The molecule has 0 radical (unpaired) electrons. The smallest absolute Gasteiger partial charge is 0.226 e. The third-order valence-electron chi connectivity index (χ3n) is 4.19. The number of amides is 1. The maximum atomic E-state index is 12.4. The maximum absolute atomic E-state index is 12.4. The summed E-state index contributed by atoms with van der Waals surface area (Å²) in [5.74, 6) is 0.909. The minimum Gasteiger partial charge on any atom is -0.493 e. The summed E-state index contributed by atoms with van der Waals surface area (Å²) in [5, 5.41) is 0. The summed E-state index contributed by atoms with van der Waals surface area (Å²) >= 11 is 0. The molecule has 1 amide bonds. The van der Waals surface area contributed by atoms with Gasteiger partial charge in [0, 0.05) is 25.0 Å². The monoisotopic (exact) mass is 341 g/mol. The Morgan fingerprint density at radius 3 is 2.96 bits per heavy atom. The van der Waals surface area contributed by atoms with Crippen LogP contribution in [0.25, 0.3) is 0 Å². The van der Waals surface area contributed by atoms with Crippen LogP contribution in [0.4, 0.5) is 0 Å². The van der Waals surface area contributed by atoms with E-state index in [1.165, 1.54) is 0 Å². The van der Waals surface area contributed by atoms with Gasteiger partial charge in [-0.2, -0.15) is 0 Å². The number of carbonyl (C=O) groups is 1. The molecule has 0 unspecified atom stereocenters. The number of para-hydroxylation sites is 1. The van der Waals surface area contributed by atoms with Gasteiger partial charge in [-0.3, -0.25) is 4.79 Å². The summed E-state index contributed by atoms with van der Waals surface area (Å²) in [4.78, 5) is 22.4. The van der Waals surface area contributed by atoms with Crippen molar-refractivity contribution in [3.8, 4) is 5.75 Å². The topological polar surface area (TPSA) is 64.5 Å². The molecule has 1 atom stereocenters. The Labute approximate surface area is 147 Å². The molecule has 1 saturated heterocycles. The van der Waals surface area contributed by atoms with Crippen LogP contribution in [0.1, 0.15) is 18.5 Å². The summed E-state index contributed by atoms with van der Waals surface area (Å²) in [5.41, 5.74) is 0.998. The fourth-order valence-corrected chi connectivity index (χ4v) is 2.83. The lowest BCUT2D eigenvalue weighted by atomic mass is 10.1. The van der Waals surface area contributed by atoms with E-state index in [0.717, 1.165) is 24.3 Å². The van der Waals surface area contributed by atoms with E-state index in [9.17, 15) is 4.79 Å². The fraction of sp³-hybridized carbons (Fsp3) is 0.421. The minimum absolute atomic E-state index is 0.0581. The van der Waals surface area contributed by atoms with Crippen LogP contribution in [0.2, 0.25) is 0 Å². The standard InChI is InChI=1S/C19H23N3O3/c23-19(9-12-24-17-4-2-1-3-5-17)22-11-13-25-18(14-22)7-6-16-8-10-20-15-21-16/h1-5,8,10,15,18H,6-7,9,11-14H2/t18-/m1/s1. The van der Waals surface area contributed by atoms with Gasteiger partial charge < -0.3 is 14.4 Å². The van der Waals surface area contributed by atoms with Crippen LogP contribution >= 0.6 is 0 Å². The molecule has 1 aromatic heterocycles. The largest absolute Gasteiger partial charge is 0.493 e. The van der Waals surface area contributed by atoms with Crippen molar-refractivity contribution < 1.29 is 14.3 Å². The van der Waals surface area contributed by atoms with Gasteiger partial charge in [-0.15, -0.1) is 0 Å². The first-order chi connectivity index (χ1) is 12.3. The average molecular weight is 341 g/mol. The van der Waals surface area contributed by atoms with Gasteiger partial charge in [0.15, 0.2) is 0 Å². The molecule has 3 rings (SSSR count). The highest BCUT2D eigenvalue weighted by atomic mass is 16.5. The number of aryl methyl sites for hydroxylation is 1. The molecule has 0 bridgehead atoms. The Morgan fingerprint density at radius 1 is 1.28 bits per heavy atom. The second-order valence-corrected chi connectivity index (χ2v) is 5.98. The second-order valence-electron chi connectivity index (χ2n) is 5.98. The lowest BCUT2D eigenvalue weighted by Gasteiger charge is -2.33. The summed E-state index contributed by atoms with van der Waals surface area (Å²) in [6, 6.07) is 11.5. The summed E-state index contributed by atoms with van der Waals surface area (Å²) < 4.78 is 11.4. The third kappa shape index (κ3) is 5.53. The Bertz CT molecular complexity index is 651. The Morgan fingerprint density at radius 2 is 2.16 bits per heavy atom. The molecule has 0 aliphatic carbocycles. The number of morpholine rings is 1.